The maximum atomic E-state index is 13.2. The molecule has 1 aliphatic heterocycles. The van der Waals surface area contributed by atoms with E-state index in [0.717, 1.165) is 22.2 Å². The summed E-state index contributed by atoms with van der Waals surface area (Å²) < 4.78 is 12.8. The maximum Gasteiger partial charge on any atom is 0.321 e. The second-order valence-corrected chi connectivity index (χ2v) is 7.57. The van der Waals surface area contributed by atoms with Crippen molar-refractivity contribution in [1.82, 2.24) is 9.55 Å². The summed E-state index contributed by atoms with van der Waals surface area (Å²) in [6, 6.07) is 23.7. The van der Waals surface area contributed by atoms with Gasteiger partial charge in [-0.1, -0.05) is 54.6 Å². The molecule has 2 atom stereocenters. The Morgan fingerprint density at radius 3 is 2.47 bits per heavy atom. The van der Waals surface area contributed by atoms with Crippen LogP contribution in [0.25, 0.3) is 11.0 Å². The van der Waals surface area contributed by atoms with Gasteiger partial charge in [-0.2, -0.15) is 0 Å². The summed E-state index contributed by atoms with van der Waals surface area (Å²) in [6.45, 7) is 0.0936. The van der Waals surface area contributed by atoms with Crippen molar-refractivity contribution in [3.8, 4) is 5.75 Å². The van der Waals surface area contributed by atoms with E-state index in [1.165, 1.54) is 0 Å². The number of nitrogens with one attached hydrogen (secondary N) is 1. The fourth-order valence-corrected chi connectivity index (χ4v) is 4.09. The maximum absolute atomic E-state index is 13.2. The lowest BCUT2D eigenvalue weighted by atomic mass is 9.90. The van der Waals surface area contributed by atoms with Gasteiger partial charge in [0.1, 0.15) is 12.4 Å². The highest BCUT2D eigenvalue weighted by Gasteiger charge is 2.44. The zero-order valence-corrected chi connectivity index (χ0v) is 17.4. The van der Waals surface area contributed by atoms with Crippen LogP contribution >= 0.6 is 0 Å². The number of esters is 1. The van der Waals surface area contributed by atoms with Gasteiger partial charge >= 0.3 is 5.97 Å². The summed E-state index contributed by atoms with van der Waals surface area (Å²) in [7, 11) is 1.59. The number of carbonyl (C=O) groups is 2. The molecule has 2 heterocycles. The molecule has 7 heteroatoms. The minimum atomic E-state index is -1.07. The number of imidazole rings is 1. The Hall–Kier alpha value is -4.13. The molecule has 0 fully saturated rings. The quantitative estimate of drug-likeness (QED) is 0.385. The molecule has 0 saturated carbocycles. The Kier molecular flexibility index (Phi) is 5.07. The molecule has 0 spiro atoms. The number of anilines is 1. The van der Waals surface area contributed by atoms with Crippen molar-refractivity contribution in [2.24, 2.45) is 5.92 Å². The minimum absolute atomic E-state index is 0.0936. The molecular weight excluding hydrogens is 406 g/mol. The SMILES string of the molecule is COc1ccc([C@@H]2[C@H](C(=O)OCc3ccccc3)C(=O)Nc3nc4ccccc4n32)cc1. The summed E-state index contributed by atoms with van der Waals surface area (Å²) in [4.78, 5) is 30.9. The number of benzene rings is 3. The molecule has 1 amide bonds. The highest BCUT2D eigenvalue weighted by molar-refractivity contribution is 6.07. The van der Waals surface area contributed by atoms with Crippen molar-refractivity contribution in [2.75, 3.05) is 12.4 Å². The number of amides is 1. The lowest BCUT2D eigenvalue weighted by Gasteiger charge is -2.32. The smallest absolute Gasteiger partial charge is 0.321 e. The third-order valence-electron chi connectivity index (χ3n) is 5.64. The lowest BCUT2D eigenvalue weighted by Crippen LogP contribution is -2.43. The first kappa shape index (κ1) is 19.8. The summed E-state index contributed by atoms with van der Waals surface area (Å²) in [5.41, 5.74) is 3.20. The van der Waals surface area contributed by atoms with Crippen LogP contribution in [0.3, 0.4) is 0 Å². The number of rotatable bonds is 5. The predicted octanol–water partition coefficient (Wildman–Crippen LogP) is 3.95. The summed E-state index contributed by atoms with van der Waals surface area (Å²) in [5, 5.41) is 2.79. The van der Waals surface area contributed by atoms with Crippen molar-refractivity contribution in [2.45, 2.75) is 12.6 Å². The molecule has 1 aliphatic rings. The van der Waals surface area contributed by atoms with E-state index in [2.05, 4.69) is 10.3 Å². The number of hydrogen-bond acceptors (Lipinski definition) is 5. The monoisotopic (exact) mass is 427 g/mol. The van der Waals surface area contributed by atoms with Crippen molar-refractivity contribution in [3.05, 3.63) is 90.0 Å². The summed E-state index contributed by atoms with van der Waals surface area (Å²) in [6.07, 6.45) is 0. The van der Waals surface area contributed by atoms with E-state index in [1.807, 2.05) is 83.4 Å². The normalized spacial score (nSPS) is 17.5. The van der Waals surface area contributed by atoms with E-state index < -0.39 is 23.8 Å². The van der Waals surface area contributed by atoms with Crippen LogP contribution in [-0.4, -0.2) is 28.5 Å². The Bertz CT molecular complexity index is 1280. The molecule has 1 N–H and O–H groups in total. The second kappa shape index (κ2) is 8.19. The standard InChI is InChI=1S/C25H21N3O4/c1-31-18-13-11-17(12-14-18)22-21(24(30)32-15-16-7-3-2-4-8-16)23(29)27-25-26-19-9-5-6-10-20(19)28(22)25/h2-14,21-22H,15H2,1H3,(H,26,27,29)/t21-,22+/m0/s1. The van der Waals surface area contributed by atoms with Crippen LogP contribution in [-0.2, 0) is 20.9 Å². The van der Waals surface area contributed by atoms with Gasteiger partial charge in [0.2, 0.25) is 11.9 Å². The fourth-order valence-electron chi connectivity index (χ4n) is 4.09. The number of fused-ring (bicyclic) bond motifs is 3. The molecule has 0 radical (unpaired) electrons. The Morgan fingerprint density at radius 1 is 1.00 bits per heavy atom. The number of nitrogens with zero attached hydrogens (tertiary/aromatic N) is 2. The van der Waals surface area contributed by atoms with Crippen LogP contribution in [0.5, 0.6) is 5.75 Å². The van der Waals surface area contributed by atoms with Gasteiger partial charge in [0.15, 0.2) is 5.92 Å². The zero-order chi connectivity index (χ0) is 22.1. The number of ether oxygens (including phenoxy) is 2. The zero-order valence-electron chi connectivity index (χ0n) is 17.4. The number of hydrogen-bond donors (Lipinski definition) is 1. The third-order valence-corrected chi connectivity index (χ3v) is 5.64. The van der Waals surface area contributed by atoms with E-state index in [-0.39, 0.29) is 6.61 Å². The van der Waals surface area contributed by atoms with Gasteiger partial charge in [0.05, 0.1) is 24.2 Å². The van der Waals surface area contributed by atoms with Crippen LogP contribution in [0.2, 0.25) is 0 Å². The van der Waals surface area contributed by atoms with Crippen LogP contribution in [0.1, 0.15) is 17.2 Å². The number of methoxy groups -OCH3 is 1. The first-order chi connectivity index (χ1) is 15.7. The third kappa shape index (κ3) is 3.47. The summed E-state index contributed by atoms with van der Waals surface area (Å²) >= 11 is 0. The Balaban J connectivity index is 1.57. The molecule has 5 rings (SSSR count). The topological polar surface area (TPSA) is 82.4 Å². The van der Waals surface area contributed by atoms with Gasteiger partial charge in [-0.05, 0) is 35.4 Å². The highest BCUT2D eigenvalue weighted by atomic mass is 16.5. The van der Waals surface area contributed by atoms with Crippen LogP contribution in [0.4, 0.5) is 5.95 Å². The second-order valence-electron chi connectivity index (χ2n) is 7.57. The van der Waals surface area contributed by atoms with Crippen molar-refractivity contribution >= 4 is 28.9 Å². The van der Waals surface area contributed by atoms with Gasteiger partial charge < -0.3 is 14.0 Å². The molecular formula is C25H21N3O4. The molecule has 0 saturated heterocycles. The van der Waals surface area contributed by atoms with Crippen LogP contribution < -0.4 is 10.1 Å². The van der Waals surface area contributed by atoms with Crippen LogP contribution in [0, 0.1) is 5.92 Å². The summed E-state index contributed by atoms with van der Waals surface area (Å²) in [5.74, 6) is -1.00. The molecule has 32 heavy (non-hydrogen) atoms. The van der Waals surface area contributed by atoms with Crippen molar-refractivity contribution < 1.29 is 19.1 Å². The molecule has 0 aliphatic carbocycles. The number of para-hydroxylation sites is 2. The Morgan fingerprint density at radius 2 is 1.72 bits per heavy atom. The molecule has 0 bridgehead atoms. The minimum Gasteiger partial charge on any atom is -0.497 e. The molecule has 160 valence electrons. The van der Waals surface area contributed by atoms with E-state index >= 15 is 0 Å². The van der Waals surface area contributed by atoms with Crippen molar-refractivity contribution in [1.29, 1.82) is 0 Å². The van der Waals surface area contributed by atoms with E-state index in [1.54, 1.807) is 7.11 Å². The number of aromatic nitrogens is 2. The molecule has 3 aromatic carbocycles. The average Bonchev–Trinajstić information content (AvgIpc) is 3.20. The fraction of sp³-hybridized carbons (Fsp3) is 0.160. The van der Waals surface area contributed by atoms with Crippen molar-refractivity contribution in [3.63, 3.8) is 0 Å². The molecule has 0 unspecified atom stereocenters. The first-order valence-electron chi connectivity index (χ1n) is 10.3. The molecule has 7 nitrogen and oxygen atoms in total. The van der Waals surface area contributed by atoms with E-state index in [0.29, 0.717) is 11.7 Å². The molecule has 4 aromatic rings. The van der Waals surface area contributed by atoms with Crippen LogP contribution in [0.15, 0.2) is 78.9 Å². The van der Waals surface area contributed by atoms with Gasteiger partial charge in [-0.15, -0.1) is 0 Å². The lowest BCUT2D eigenvalue weighted by molar-refractivity contribution is -0.154. The van der Waals surface area contributed by atoms with Gasteiger partial charge in [0.25, 0.3) is 0 Å². The van der Waals surface area contributed by atoms with E-state index in [4.69, 9.17) is 9.47 Å². The van der Waals surface area contributed by atoms with E-state index in [9.17, 15) is 9.59 Å². The highest BCUT2D eigenvalue weighted by Crippen LogP contribution is 2.39. The molecule has 1 aromatic heterocycles. The number of carbonyl (C=O) groups excluding carboxylic acids is 2. The van der Waals surface area contributed by atoms with Gasteiger partial charge in [-0.25, -0.2) is 4.98 Å². The Labute approximate surface area is 184 Å². The predicted molar refractivity (Wildman–Crippen MR) is 119 cm³/mol. The van der Waals surface area contributed by atoms with Gasteiger partial charge in [0, 0.05) is 0 Å². The van der Waals surface area contributed by atoms with Gasteiger partial charge in [-0.3, -0.25) is 14.9 Å². The average molecular weight is 427 g/mol. The largest absolute Gasteiger partial charge is 0.497 e. The first-order valence-corrected chi connectivity index (χ1v) is 10.3.